The van der Waals surface area contributed by atoms with Gasteiger partial charge in [-0.1, -0.05) is 30.3 Å². The lowest BCUT2D eigenvalue weighted by atomic mass is 10.0. The van der Waals surface area contributed by atoms with Gasteiger partial charge in [0.2, 0.25) is 5.91 Å². The molecule has 0 saturated heterocycles. The standard InChI is InChI=1S/C20H23N5O2/c1-13-18-15(20(27)21-11-10-17(26)24(2)3)12-16(14-8-6-5-7-9-14)22-19(18)25(4)23-13/h5-9,12H,10-11H2,1-4H3,(H,21,27). The minimum atomic E-state index is -0.234. The topological polar surface area (TPSA) is 80.1 Å². The molecule has 0 unspecified atom stereocenters. The minimum Gasteiger partial charge on any atom is -0.351 e. The quantitative estimate of drug-likeness (QED) is 0.751. The third-order valence-corrected chi connectivity index (χ3v) is 4.41. The third kappa shape index (κ3) is 3.81. The van der Waals surface area contributed by atoms with Gasteiger partial charge in [0, 0.05) is 39.7 Å². The number of benzene rings is 1. The first-order valence-electron chi connectivity index (χ1n) is 8.76. The number of carbonyl (C=O) groups excluding carboxylic acids is 2. The molecule has 0 aliphatic heterocycles. The van der Waals surface area contributed by atoms with Crippen molar-refractivity contribution >= 4 is 22.8 Å². The summed E-state index contributed by atoms with van der Waals surface area (Å²) in [6, 6.07) is 11.5. The third-order valence-electron chi connectivity index (χ3n) is 4.41. The number of nitrogens with zero attached hydrogens (tertiary/aromatic N) is 4. The van der Waals surface area contributed by atoms with Crippen LogP contribution in [0, 0.1) is 6.92 Å². The molecule has 2 amide bonds. The summed E-state index contributed by atoms with van der Waals surface area (Å²) in [5.74, 6) is -0.264. The van der Waals surface area contributed by atoms with Crippen molar-refractivity contribution in [2.75, 3.05) is 20.6 Å². The van der Waals surface area contributed by atoms with Gasteiger partial charge in [0.1, 0.15) is 0 Å². The van der Waals surface area contributed by atoms with E-state index in [9.17, 15) is 9.59 Å². The normalized spacial score (nSPS) is 10.8. The van der Waals surface area contributed by atoms with Crippen LogP contribution in [0.1, 0.15) is 22.5 Å². The fourth-order valence-corrected chi connectivity index (χ4v) is 2.98. The Hall–Kier alpha value is -3.22. The van der Waals surface area contributed by atoms with Gasteiger partial charge in [-0.2, -0.15) is 5.10 Å². The van der Waals surface area contributed by atoms with Crippen molar-refractivity contribution in [1.82, 2.24) is 25.0 Å². The number of hydrogen-bond acceptors (Lipinski definition) is 4. The van der Waals surface area contributed by atoms with E-state index in [4.69, 9.17) is 4.98 Å². The van der Waals surface area contributed by atoms with Gasteiger partial charge in [0.15, 0.2) is 5.65 Å². The number of aromatic nitrogens is 3. The highest BCUT2D eigenvalue weighted by atomic mass is 16.2. The molecule has 2 heterocycles. The van der Waals surface area contributed by atoms with Crippen LogP contribution in [0.15, 0.2) is 36.4 Å². The monoisotopic (exact) mass is 365 g/mol. The second-order valence-electron chi connectivity index (χ2n) is 6.62. The lowest BCUT2D eigenvalue weighted by Crippen LogP contribution is -2.30. The molecule has 3 rings (SSSR count). The van der Waals surface area contributed by atoms with E-state index in [1.54, 1.807) is 24.8 Å². The first-order valence-corrected chi connectivity index (χ1v) is 8.76. The molecule has 3 aromatic rings. The first kappa shape index (κ1) is 18.6. The lowest BCUT2D eigenvalue weighted by molar-refractivity contribution is -0.128. The summed E-state index contributed by atoms with van der Waals surface area (Å²) >= 11 is 0. The molecule has 1 aromatic carbocycles. The molecule has 7 nitrogen and oxygen atoms in total. The van der Waals surface area contributed by atoms with E-state index >= 15 is 0 Å². The zero-order valence-electron chi connectivity index (χ0n) is 16.0. The number of hydrogen-bond donors (Lipinski definition) is 1. The van der Waals surface area contributed by atoms with Gasteiger partial charge in [-0.25, -0.2) is 4.98 Å². The largest absolute Gasteiger partial charge is 0.351 e. The molecule has 2 aromatic heterocycles. The summed E-state index contributed by atoms with van der Waals surface area (Å²) in [4.78, 5) is 30.8. The second kappa shape index (κ2) is 7.57. The molecule has 0 bridgehead atoms. The average Bonchev–Trinajstić information content (AvgIpc) is 2.95. The Bertz CT molecular complexity index is 993. The highest BCUT2D eigenvalue weighted by molar-refractivity contribution is 6.07. The Balaban J connectivity index is 1.98. The van der Waals surface area contributed by atoms with Crippen LogP contribution in [-0.4, -0.2) is 52.1 Å². The molecule has 27 heavy (non-hydrogen) atoms. The summed E-state index contributed by atoms with van der Waals surface area (Å²) in [7, 11) is 5.21. The molecule has 0 saturated carbocycles. The van der Waals surface area contributed by atoms with Crippen LogP contribution in [-0.2, 0) is 11.8 Å². The van der Waals surface area contributed by atoms with Crippen molar-refractivity contribution < 1.29 is 9.59 Å². The zero-order valence-corrected chi connectivity index (χ0v) is 16.0. The lowest BCUT2D eigenvalue weighted by Gasteiger charge is -2.12. The molecule has 0 atom stereocenters. The van der Waals surface area contributed by atoms with Gasteiger partial charge in [0.25, 0.3) is 5.91 Å². The Kier molecular flexibility index (Phi) is 5.21. The average molecular weight is 365 g/mol. The number of amides is 2. The predicted octanol–water partition coefficient (Wildman–Crippen LogP) is 2.15. The number of nitrogens with one attached hydrogen (secondary N) is 1. The van der Waals surface area contributed by atoms with Gasteiger partial charge in [-0.3, -0.25) is 14.3 Å². The number of rotatable bonds is 5. The maximum Gasteiger partial charge on any atom is 0.252 e. The van der Waals surface area contributed by atoms with Crippen LogP contribution in [0.4, 0.5) is 0 Å². The maximum atomic E-state index is 12.9. The fraction of sp³-hybridized carbons (Fsp3) is 0.300. The van der Waals surface area contributed by atoms with E-state index in [1.807, 2.05) is 44.3 Å². The van der Waals surface area contributed by atoms with Crippen molar-refractivity contribution in [2.24, 2.45) is 7.05 Å². The smallest absolute Gasteiger partial charge is 0.252 e. The number of aryl methyl sites for hydroxylation is 2. The van der Waals surface area contributed by atoms with Gasteiger partial charge >= 0.3 is 0 Å². The van der Waals surface area contributed by atoms with Crippen molar-refractivity contribution in [3.8, 4) is 11.3 Å². The molecule has 1 N–H and O–H groups in total. The van der Waals surface area contributed by atoms with Crippen LogP contribution >= 0.6 is 0 Å². The van der Waals surface area contributed by atoms with Crippen LogP contribution in [0.25, 0.3) is 22.3 Å². The predicted molar refractivity (Wildman–Crippen MR) is 104 cm³/mol. The van der Waals surface area contributed by atoms with E-state index in [0.29, 0.717) is 16.9 Å². The summed E-state index contributed by atoms with van der Waals surface area (Å²) in [6.07, 6.45) is 0.254. The van der Waals surface area contributed by atoms with E-state index in [1.165, 1.54) is 4.90 Å². The number of pyridine rings is 1. The Morgan fingerprint density at radius 3 is 2.56 bits per heavy atom. The number of carbonyl (C=O) groups is 2. The maximum absolute atomic E-state index is 12.9. The fourth-order valence-electron chi connectivity index (χ4n) is 2.98. The Morgan fingerprint density at radius 1 is 1.19 bits per heavy atom. The van der Waals surface area contributed by atoms with E-state index < -0.39 is 0 Å². The molecule has 0 spiro atoms. The van der Waals surface area contributed by atoms with Crippen molar-refractivity contribution in [3.63, 3.8) is 0 Å². The highest BCUT2D eigenvalue weighted by Crippen LogP contribution is 2.26. The van der Waals surface area contributed by atoms with Crippen LogP contribution in [0.5, 0.6) is 0 Å². The molecule has 7 heteroatoms. The van der Waals surface area contributed by atoms with Crippen LogP contribution in [0.2, 0.25) is 0 Å². The Morgan fingerprint density at radius 2 is 1.89 bits per heavy atom. The molecular formula is C20H23N5O2. The van der Waals surface area contributed by atoms with Gasteiger partial charge in [-0.15, -0.1) is 0 Å². The van der Waals surface area contributed by atoms with Crippen molar-refractivity contribution in [3.05, 3.63) is 47.7 Å². The highest BCUT2D eigenvalue weighted by Gasteiger charge is 2.19. The summed E-state index contributed by atoms with van der Waals surface area (Å²) in [5.41, 5.74) is 3.55. The molecule has 0 radical (unpaired) electrons. The molecule has 140 valence electrons. The molecule has 0 aliphatic rings. The van der Waals surface area contributed by atoms with Gasteiger partial charge in [0.05, 0.1) is 22.3 Å². The van der Waals surface area contributed by atoms with Crippen LogP contribution in [0.3, 0.4) is 0 Å². The SMILES string of the molecule is Cc1nn(C)c2nc(-c3ccccc3)cc(C(=O)NCCC(=O)N(C)C)c12. The van der Waals surface area contributed by atoms with Gasteiger partial charge < -0.3 is 10.2 Å². The second-order valence-corrected chi connectivity index (χ2v) is 6.62. The summed E-state index contributed by atoms with van der Waals surface area (Å²) in [5, 5.41) is 7.98. The number of fused-ring (bicyclic) bond motifs is 1. The van der Waals surface area contributed by atoms with E-state index in [2.05, 4.69) is 10.4 Å². The summed E-state index contributed by atoms with van der Waals surface area (Å²) in [6.45, 7) is 2.14. The van der Waals surface area contributed by atoms with E-state index in [-0.39, 0.29) is 24.8 Å². The first-order chi connectivity index (χ1) is 12.9. The molecular weight excluding hydrogens is 342 g/mol. The van der Waals surface area contributed by atoms with Crippen LogP contribution < -0.4 is 5.32 Å². The minimum absolute atomic E-state index is 0.0299. The molecule has 0 aliphatic carbocycles. The van der Waals surface area contributed by atoms with E-state index in [0.717, 1.165) is 16.6 Å². The summed E-state index contributed by atoms with van der Waals surface area (Å²) < 4.78 is 1.68. The Labute approximate surface area is 158 Å². The molecule has 0 fully saturated rings. The van der Waals surface area contributed by atoms with Crippen molar-refractivity contribution in [2.45, 2.75) is 13.3 Å². The van der Waals surface area contributed by atoms with Gasteiger partial charge in [-0.05, 0) is 13.0 Å². The zero-order chi connectivity index (χ0) is 19.6. The van der Waals surface area contributed by atoms with Crippen molar-refractivity contribution in [1.29, 1.82) is 0 Å².